The van der Waals surface area contributed by atoms with Crippen molar-refractivity contribution in [3.8, 4) is 0 Å². The van der Waals surface area contributed by atoms with E-state index in [9.17, 15) is 9.59 Å². The highest BCUT2D eigenvalue weighted by molar-refractivity contribution is 5.92. The van der Waals surface area contributed by atoms with E-state index in [1.54, 1.807) is 11.0 Å². The van der Waals surface area contributed by atoms with Gasteiger partial charge in [0.05, 0.1) is 5.52 Å². The third-order valence-corrected chi connectivity index (χ3v) is 4.36. The number of nitrogens with zero attached hydrogens (tertiary/aromatic N) is 2. The van der Waals surface area contributed by atoms with Crippen molar-refractivity contribution in [1.29, 1.82) is 0 Å². The quantitative estimate of drug-likeness (QED) is 0.814. The molecule has 0 unspecified atom stereocenters. The van der Waals surface area contributed by atoms with E-state index in [1.807, 2.05) is 30.3 Å². The number of amides is 1. The van der Waals surface area contributed by atoms with Crippen LogP contribution in [0.15, 0.2) is 36.4 Å². The molecule has 1 amide bonds. The van der Waals surface area contributed by atoms with Crippen molar-refractivity contribution < 1.29 is 14.3 Å². The number of fused-ring (bicyclic) bond motifs is 1. The highest BCUT2D eigenvalue weighted by atomic mass is 16.5. The first-order valence-corrected chi connectivity index (χ1v) is 8.33. The molecular formula is C19H22N2O3. The largest absolute Gasteiger partial charge is 0.451 e. The fraction of sp³-hybridized carbons (Fsp3) is 0.421. The lowest BCUT2D eigenvalue weighted by Gasteiger charge is -2.34. The summed E-state index contributed by atoms with van der Waals surface area (Å²) in [6.07, 6.45) is 1.13. The van der Waals surface area contributed by atoms with Crippen LogP contribution in [0.1, 0.15) is 30.8 Å². The zero-order chi connectivity index (χ0) is 17.1. The molecule has 24 heavy (non-hydrogen) atoms. The number of rotatable bonds is 3. The van der Waals surface area contributed by atoms with Gasteiger partial charge in [0.15, 0.2) is 6.61 Å². The molecule has 5 nitrogen and oxygen atoms in total. The Morgan fingerprint density at radius 3 is 2.58 bits per heavy atom. The minimum atomic E-state index is -0.563. The van der Waals surface area contributed by atoms with E-state index >= 15 is 0 Å². The van der Waals surface area contributed by atoms with Crippen molar-refractivity contribution in [3.63, 3.8) is 0 Å². The number of ether oxygens (including phenoxy) is 1. The van der Waals surface area contributed by atoms with Crippen LogP contribution >= 0.6 is 0 Å². The lowest BCUT2D eigenvalue weighted by Crippen LogP contribution is -2.44. The first kappa shape index (κ1) is 16.4. The van der Waals surface area contributed by atoms with Crippen molar-refractivity contribution >= 4 is 22.8 Å². The van der Waals surface area contributed by atoms with E-state index in [2.05, 4.69) is 18.8 Å². The van der Waals surface area contributed by atoms with Crippen LogP contribution in [0.3, 0.4) is 0 Å². The van der Waals surface area contributed by atoms with Crippen LogP contribution in [0.2, 0.25) is 0 Å². The van der Waals surface area contributed by atoms with Crippen LogP contribution in [-0.4, -0.2) is 41.5 Å². The van der Waals surface area contributed by atoms with E-state index < -0.39 is 5.97 Å². The molecule has 3 rings (SSSR count). The van der Waals surface area contributed by atoms with Gasteiger partial charge >= 0.3 is 5.97 Å². The van der Waals surface area contributed by atoms with Crippen molar-refractivity contribution in [2.45, 2.75) is 20.3 Å². The Labute approximate surface area is 141 Å². The molecular weight excluding hydrogens is 304 g/mol. The Bertz CT molecular complexity index is 749. The van der Waals surface area contributed by atoms with Crippen LogP contribution in [0.4, 0.5) is 0 Å². The summed E-state index contributed by atoms with van der Waals surface area (Å²) in [6, 6.07) is 11.0. The van der Waals surface area contributed by atoms with Gasteiger partial charge in [0.25, 0.3) is 5.91 Å². The van der Waals surface area contributed by atoms with Crippen molar-refractivity contribution in [2.24, 2.45) is 11.8 Å². The summed E-state index contributed by atoms with van der Waals surface area (Å²) in [5, 5.41) is 0.960. The maximum Gasteiger partial charge on any atom is 0.357 e. The summed E-state index contributed by atoms with van der Waals surface area (Å²) in [6.45, 7) is 5.51. The van der Waals surface area contributed by atoms with E-state index in [-0.39, 0.29) is 18.2 Å². The smallest absolute Gasteiger partial charge is 0.357 e. The van der Waals surface area contributed by atoms with Gasteiger partial charge < -0.3 is 9.64 Å². The number of aromatic nitrogens is 1. The molecule has 5 heteroatoms. The summed E-state index contributed by atoms with van der Waals surface area (Å²) in [5.74, 6) is 0.265. The standard InChI is InChI=1S/C19H22N2O3/c1-13-9-14(2)11-21(10-13)18(22)12-24-19(23)17-8-7-15-5-3-4-6-16(15)20-17/h3-8,13-14H,9-12H2,1-2H3/t13-,14-/m1/s1. The number of para-hydroxylation sites is 1. The molecule has 1 aromatic heterocycles. The Balaban J connectivity index is 1.60. The van der Waals surface area contributed by atoms with E-state index in [4.69, 9.17) is 4.74 Å². The van der Waals surface area contributed by atoms with Gasteiger partial charge in [0.1, 0.15) is 5.69 Å². The summed E-state index contributed by atoms with van der Waals surface area (Å²) in [7, 11) is 0. The normalized spacial score (nSPS) is 20.8. The molecule has 1 saturated heterocycles. The Morgan fingerprint density at radius 1 is 1.12 bits per heavy atom. The lowest BCUT2D eigenvalue weighted by atomic mass is 9.92. The highest BCUT2D eigenvalue weighted by Crippen LogP contribution is 2.21. The van der Waals surface area contributed by atoms with Crippen molar-refractivity contribution in [1.82, 2.24) is 9.88 Å². The van der Waals surface area contributed by atoms with E-state index in [0.29, 0.717) is 11.8 Å². The number of benzene rings is 1. The zero-order valence-corrected chi connectivity index (χ0v) is 14.1. The highest BCUT2D eigenvalue weighted by Gasteiger charge is 2.26. The molecule has 126 valence electrons. The van der Waals surface area contributed by atoms with Crippen LogP contribution in [0.25, 0.3) is 10.9 Å². The average molecular weight is 326 g/mol. The third kappa shape index (κ3) is 3.72. The molecule has 0 saturated carbocycles. The van der Waals surface area contributed by atoms with E-state index in [1.165, 1.54) is 0 Å². The number of hydrogen-bond donors (Lipinski definition) is 0. The van der Waals surface area contributed by atoms with Gasteiger partial charge in [-0.15, -0.1) is 0 Å². The number of carbonyl (C=O) groups is 2. The molecule has 0 spiro atoms. The number of hydrogen-bond acceptors (Lipinski definition) is 4. The predicted molar refractivity (Wildman–Crippen MR) is 91.6 cm³/mol. The Kier molecular flexibility index (Phi) is 4.79. The lowest BCUT2D eigenvalue weighted by molar-refractivity contribution is -0.137. The SMILES string of the molecule is C[C@@H]1C[C@@H](C)CN(C(=O)COC(=O)c2ccc3ccccc3n2)C1. The van der Waals surface area contributed by atoms with Crippen molar-refractivity contribution in [2.75, 3.05) is 19.7 Å². The Morgan fingerprint density at radius 2 is 1.83 bits per heavy atom. The molecule has 1 aliphatic heterocycles. The molecule has 1 fully saturated rings. The van der Waals surface area contributed by atoms with Gasteiger partial charge in [0.2, 0.25) is 0 Å². The van der Waals surface area contributed by atoms with Crippen LogP contribution < -0.4 is 0 Å². The molecule has 1 aliphatic rings. The number of esters is 1. The maximum absolute atomic E-state index is 12.3. The summed E-state index contributed by atoms with van der Waals surface area (Å²) in [4.78, 5) is 30.5. The van der Waals surface area contributed by atoms with Gasteiger partial charge in [-0.05, 0) is 30.4 Å². The molecule has 1 aromatic carbocycles. The second-order valence-corrected chi connectivity index (χ2v) is 6.71. The van der Waals surface area contributed by atoms with Gasteiger partial charge in [-0.2, -0.15) is 0 Å². The average Bonchev–Trinajstić information content (AvgIpc) is 2.58. The number of piperidine rings is 1. The summed E-state index contributed by atoms with van der Waals surface area (Å²) in [5.41, 5.74) is 0.957. The molecule has 0 aliphatic carbocycles. The predicted octanol–water partition coefficient (Wildman–Crippen LogP) is 2.90. The zero-order valence-electron chi connectivity index (χ0n) is 14.1. The fourth-order valence-electron chi connectivity index (χ4n) is 3.34. The molecule has 0 N–H and O–H groups in total. The topological polar surface area (TPSA) is 59.5 Å². The second-order valence-electron chi connectivity index (χ2n) is 6.71. The first-order chi connectivity index (χ1) is 11.5. The number of carbonyl (C=O) groups excluding carboxylic acids is 2. The first-order valence-electron chi connectivity index (χ1n) is 8.33. The van der Waals surface area contributed by atoms with Gasteiger partial charge in [-0.25, -0.2) is 9.78 Å². The van der Waals surface area contributed by atoms with Crippen LogP contribution in [0.5, 0.6) is 0 Å². The summed E-state index contributed by atoms with van der Waals surface area (Å²) >= 11 is 0. The van der Waals surface area contributed by atoms with Gasteiger partial charge in [-0.3, -0.25) is 4.79 Å². The molecule has 0 bridgehead atoms. The van der Waals surface area contributed by atoms with Crippen molar-refractivity contribution in [3.05, 3.63) is 42.1 Å². The van der Waals surface area contributed by atoms with Crippen LogP contribution in [0, 0.1) is 11.8 Å². The molecule has 2 aromatic rings. The molecule has 2 heterocycles. The molecule has 0 radical (unpaired) electrons. The van der Waals surface area contributed by atoms with Gasteiger partial charge in [0, 0.05) is 18.5 Å². The Hall–Kier alpha value is -2.43. The third-order valence-electron chi connectivity index (χ3n) is 4.36. The van der Waals surface area contributed by atoms with E-state index in [0.717, 1.165) is 30.4 Å². The summed E-state index contributed by atoms with van der Waals surface area (Å²) < 4.78 is 5.17. The number of likely N-dealkylation sites (tertiary alicyclic amines) is 1. The van der Waals surface area contributed by atoms with Gasteiger partial charge in [-0.1, -0.05) is 38.1 Å². The minimum absolute atomic E-state index is 0.137. The second kappa shape index (κ2) is 6.99. The maximum atomic E-state index is 12.3. The molecule has 2 atom stereocenters. The fourth-order valence-corrected chi connectivity index (χ4v) is 3.34. The minimum Gasteiger partial charge on any atom is -0.451 e. The van der Waals surface area contributed by atoms with Crippen LogP contribution in [-0.2, 0) is 9.53 Å². The number of pyridine rings is 1. The monoisotopic (exact) mass is 326 g/mol.